The fourth-order valence-electron chi connectivity index (χ4n) is 0.739. The molecule has 66 valence electrons. The van der Waals surface area contributed by atoms with Crippen LogP contribution in [-0.4, -0.2) is 13.0 Å². The number of amides is 1. The minimum Gasteiger partial charge on any atom is -0.494 e. The van der Waals surface area contributed by atoms with Crippen LogP contribution in [0.5, 0.6) is 5.75 Å². The van der Waals surface area contributed by atoms with E-state index in [2.05, 4.69) is 15.9 Å². The summed E-state index contributed by atoms with van der Waals surface area (Å²) in [5, 5.41) is 1.77. The van der Waals surface area contributed by atoms with Crippen molar-refractivity contribution in [3.8, 4) is 5.75 Å². The SMILES string of the molecule is COc1c(Br)csc1C(=O)NN. The van der Waals surface area contributed by atoms with Gasteiger partial charge in [-0.2, -0.15) is 0 Å². The molecule has 0 bridgehead atoms. The number of thiophene rings is 1. The van der Waals surface area contributed by atoms with Crippen molar-refractivity contribution in [2.24, 2.45) is 5.84 Å². The summed E-state index contributed by atoms with van der Waals surface area (Å²) in [6, 6.07) is 0. The maximum Gasteiger partial charge on any atom is 0.279 e. The average Bonchev–Trinajstić information content (AvgIpc) is 2.45. The zero-order valence-electron chi connectivity index (χ0n) is 6.26. The van der Waals surface area contributed by atoms with Crippen LogP contribution in [-0.2, 0) is 0 Å². The smallest absolute Gasteiger partial charge is 0.279 e. The Balaban J connectivity index is 3.07. The lowest BCUT2D eigenvalue weighted by Crippen LogP contribution is -2.29. The highest BCUT2D eigenvalue weighted by atomic mass is 79.9. The zero-order valence-corrected chi connectivity index (χ0v) is 8.66. The van der Waals surface area contributed by atoms with Crippen LogP contribution in [0.4, 0.5) is 0 Å². The van der Waals surface area contributed by atoms with Crippen molar-refractivity contribution < 1.29 is 9.53 Å². The van der Waals surface area contributed by atoms with E-state index in [1.165, 1.54) is 18.4 Å². The second kappa shape index (κ2) is 3.88. The molecule has 0 aliphatic carbocycles. The fourth-order valence-corrected chi connectivity index (χ4v) is 2.30. The summed E-state index contributed by atoms with van der Waals surface area (Å²) in [5.41, 5.74) is 2.04. The maximum atomic E-state index is 11.1. The molecule has 4 nitrogen and oxygen atoms in total. The van der Waals surface area contributed by atoms with E-state index in [0.29, 0.717) is 10.6 Å². The van der Waals surface area contributed by atoms with Gasteiger partial charge in [-0.25, -0.2) is 5.84 Å². The van der Waals surface area contributed by atoms with Crippen molar-refractivity contribution in [3.05, 3.63) is 14.7 Å². The lowest BCUT2D eigenvalue weighted by atomic mass is 10.4. The Morgan fingerprint density at radius 2 is 2.50 bits per heavy atom. The van der Waals surface area contributed by atoms with E-state index in [0.717, 1.165) is 4.47 Å². The van der Waals surface area contributed by atoms with Crippen molar-refractivity contribution in [2.75, 3.05) is 7.11 Å². The zero-order chi connectivity index (χ0) is 9.14. The summed E-state index contributed by atoms with van der Waals surface area (Å²) in [6.45, 7) is 0. The molecule has 1 rings (SSSR count). The first-order valence-electron chi connectivity index (χ1n) is 3.02. The molecular weight excluding hydrogens is 244 g/mol. The van der Waals surface area contributed by atoms with E-state index < -0.39 is 0 Å². The van der Waals surface area contributed by atoms with E-state index in [4.69, 9.17) is 10.6 Å². The first-order chi connectivity index (χ1) is 5.70. The van der Waals surface area contributed by atoms with Gasteiger partial charge in [-0.05, 0) is 15.9 Å². The summed E-state index contributed by atoms with van der Waals surface area (Å²) in [6.07, 6.45) is 0. The number of carbonyl (C=O) groups is 1. The molecule has 0 spiro atoms. The van der Waals surface area contributed by atoms with E-state index in [1.807, 2.05) is 5.43 Å². The predicted molar refractivity (Wildman–Crippen MR) is 50.2 cm³/mol. The first kappa shape index (κ1) is 9.50. The molecule has 0 fully saturated rings. The largest absolute Gasteiger partial charge is 0.494 e. The average molecular weight is 251 g/mol. The molecule has 0 radical (unpaired) electrons. The summed E-state index contributed by atoms with van der Waals surface area (Å²) in [5.74, 6) is 5.14. The molecule has 6 heteroatoms. The summed E-state index contributed by atoms with van der Waals surface area (Å²) < 4.78 is 5.74. The van der Waals surface area contributed by atoms with Crippen LogP contribution in [0.2, 0.25) is 0 Å². The molecule has 1 heterocycles. The highest BCUT2D eigenvalue weighted by molar-refractivity contribution is 9.10. The van der Waals surface area contributed by atoms with Gasteiger partial charge >= 0.3 is 0 Å². The van der Waals surface area contributed by atoms with Crippen LogP contribution >= 0.6 is 27.3 Å². The van der Waals surface area contributed by atoms with Gasteiger partial charge in [-0.1, -0.05) is 0 Å². The lowest BCUT2D eigenvalue weighted by molar-refractivity contribution is 0.0955. The Labute approximate surface area is 81.8 Å². The Hall–Kier alpha value is -0.590. The summed E-state index contributed by atoms with van der Waals surface area (Å²) >= 11 is 4.51. The van der Waals surface area contributed by atoms with Crippen molar-refractivity contribution >= 4 is 33.2 Å². The number of rotatable bonds is 2. The van der Waals surface area contributed by atoms with Crippen LogP contribution in [0.3, 0.4) is 0 Å². The van der Waals surface area contributed by atoms with Gasteiger partial charge in [0.1, 0.15) is 4.88 Å². The third-order valence-electron chi connectivity index (χ3n) is 1.24. The molecule has 1 amide bonds. The van der Waals surface area contributed by atoms with Crippen LogP contribution in [0.25, 0.3) is 0 Å². The number of hydrazine groups is 1. The Kier molecular flexibility index (Phi) is 3.07. The Morgan fingerprint density at radius 1 is 1.83 bits per heavy atom. The Morgan fingerprint density at radius 3 is 3.00 bits per heavy atom. The van der Waals surface area contributed by atoms with Gasteiger partial charge in [0.05, 0.1) is 11.6 Å². The van der Waals surface area contributed by atoms with Gasteiger partial charge < -0.3 is 4.74 Å². The van der Waals surface area contributed by atoms with E-state index in [1.54, 1.807) is 5.38 Å². The van der Waals surface area contributed by atoms with E-state index in [9.17, 15) is 4.79 Å². The fraction of sp³-hybridized carbons (Fsp3) is 0.167. The van der Waals surface area contributed by atoms with E-state index in [-0.39, 0.29) is 5.91 Å². The summed E-state index contributed by atoms with van der Waals surface area (Å²) in [7, 11) is 1.50. The third-order valence-corrected chi connectivity index (χ3v) is 3.10. The molecule has 3 N–H and O–H groups in total. The number of nitrogens with two attached hydrogens (primary N) is 1. The third kappa shape index (κ3) is 1.60. The van der Waals surface area contributed by atoms with Crippen LogP contribution in [0, 0.1) is 0 Å². The second-order valence-corrected chi connectivity index (χ2v) is 3.65. The number of halogens is 1. The van der Waals surface area contributed by atoms with Crippen LogP contribution in [0.15, 0.2) is 9.85 Å². The summed E-state index contributed by atoms with van der Waals surface area (Å²) in [4.78, 5) is 11.5. The minimum atomic E-state index is -0.345. The number of hydrogen-bond acceptors (Lipinski definition) is 4. The number of nitrogen functional groups attached to an aromatic ring is 1. The standard InChI is InChI=1S/C6H7BrN2O2S/c1-11-4-3(7)2-12-5(4)6(10)9-8/h2H,8H2,1H3,(H,9,10). The molecule has 0 unspecified atom stereocenters. The molecule has 0 atom stereocenters. The van der Waals surface area contributed by atoms with Gasteiger partial charge in [0.15, 0.2) is 5.75 Å². The molecule has 0 saturated heterocycles. The molecule has 0 aliphatic rings. The number of carbonyl (C=O) groups excluding carboxylic acids is 1. The highest BCUT2D eigenvalue weighted by Crippen LogP contribution is 2.34. The molecule has 0 aliphatic heterocycles. The number of ether oxygens (including phenoxy) is 1. The number of hydrogen-bond donors (Lipinski definition) is 2. The number of nitrogens with one attached hydrogen (secondary N) is 1. The monoisotopic (exact) mass is 250 g/mol. The minimum absolute atomic E-state index is 0.345. The highest BCUT2D eigenvalue weighted by Gasteiger charge is 2.16. The molecule has 1 aromatic heterocycles. The Bertz CT molecular complexity index is 300. The van der Waals surface area contributed by atoms with Crippen LogP contribution < -0.4 is 16.0 Å². The van der Waals surface area contributed by atoms with Gasteiger partial charge in [-0.15, -0.1) is 11.3 Å². The van der Waals surface area contributed by atoms with Gasteiger partial charge in [0.25, 0.3) is 5.91 Å². The van der Waals surface area contributed by atoms with Crippen molar-refractivity contribution in [3.63, 3.8) is 0 Å². The van der Waals surface area contributed by atoms with Crippen molar-refractivity contribution in [2.45, 2.75) is 0 Å². The predicted octanol–water partition coefficient (Wildman–Crippen LogP) is 1.12. The van der Waals surface area contributed by atoms with Gasteiger partial charge in [0, 0.05) is 5.38 Å². The van der Waals surface area contributed by atoms with Crippen molar-refractivity contribution in [1.29, 1.82) is 0 Å². The lowest BCUT2D eigenvalue weighted by Gasteiger charge is -2.00. The molecular formula is C6H7BrN2O2S. The first-order valence-corrected chi connectivity index (χ1v) is 4.70. The number of methoxy groups -OCH3 is 1. The molecule has 0 saturated carbocycles. The van der Waals surface area contributed by atoms with Gasteiger partial charge in [0.2, 0.25) is 0 Å². The molecule has 0 aromatic carbocycles. The normalized spacial score (nSPS) is 9.58. The maximum absolute atomic E-state index is 11.1. The van der Waals surface area contributed by atoms with Gasteiger partial charge in [-0.3, -0.25) is 10.2 Å². The van der Waals surface area contributed by atoms with E-state index >= 15 is 0 Å². The van der Waals surface area contributed by atoms with Crippen molar-refractivity contribution in [1.82, 2.24) is 5.43 Å². The molecule has 12 heavy (non-hydrogen) atoms. The quantitative estimate of drug-likeness (QED) is 0.470. The molecule has 1 aromatic rings. The van der Waals surface area contributed by atoms with Crippen LogP contribution in [0.1, 0.15) is 9.67 Å². The second-order valence-electron chi connectivity index (χ2n) is 1.92. The topological polar surface area (TPSA) is 64.3 Å².